The van der Waals surface area contributed by atoms with Crippen LogP contribution in [0, 0.1) is 6.92 Å². The maximum Gasteiger partial charge on any atom is 0.348 e. The van der Waals surface area contributed by atoms with Crippen molar-refractivity contribution in [2.75, 3.05) is 13.7 Å². The Morgan fingerprint density at radius 3 is 2.78 bits per heavy atom. The van der Waals surface area contributed by atoms with E-state index in [0.717, 1.165) is 25.5 Å². The van der Waals surface area contributed by atoms with Gasteiger partial charge in [-0.15, -0.1) is 22.7 Å². The van der Waals surface area contributed by atoms with Crippen molar-refractivity contribution in [3.8, 4) is 0 Å². The van der Waals surface area contributed by atoms with Crippen LogP contribution in [0.3, 0.4) is 0 Å². The standard InChI is InChI=1S/C15H17NO4S3/c1-4-20-13(17)7-12-9(2)16-15(23-12)21-8-10-5-6-11(22-10)14(18)19-3/h5-6H,4,7-8H2,1-3H3. The van der Waals surface area contributed by atoms with Gasteiger partial charge in [-0.1, -0.05) is 11.8 Å². The van der Waals surface area contributed by atoms with Crippen LogP contribution >= 0.6 is 34.4 Å². The molecule has 0 fully saturated rings. The first-order chi connectivity index (χ1) is 11.0. The summed E-state index contributed by atoms with van der Waals surface area (Å²) in [6.07, 6.45) is 0.267. The number of hydrogen-bond acceptors (Lipinski definition) is 8. The molecular formula is C15H17NO4S3. The molecule has 2 aromatic heterocycles. The van der Waals surface area contributed by atoms with Gasteiger partial charge in [-0.05, 0) is 26.0 Å². The molecule has 0 aliphatic heterocycles. The summed E-state index contributed by atoms with van der Waals surface area (Å²) in [6.45, 7) is 4.08. The van der Waals surface area contributed by atoms with E-state index in [0.29, 0.717) is 11.5 Å². The molecule has 0 atom stereocenters. The fourth-order valence-electron chi connectivity index (χ4n) is 1.77. The second-order valence-electron chi connectivity index (χ2n) is 4.52. The molecule has 0 spiro atoms. The molecule has 8 heteroatoms. The number of thiophene rings is 1. The maximum absolute atomic E-state index is 11.6. The van der Waals surface area contributed by atoms with Crippen LogP contribution in [0.25, 0.3) is 0 Å². The second kappa shape index (κ2) is 8.47. The summed E-state index contributed by atoms with van der Waals surface area (Å²) in [7, 11) is 1.37. The van der Waals surface area contributed by atoms with Crippen LogP contribution < -0.4 is 0 Å². The first-order valence-corrected chi connectivity index (χ1v) is 9.57. The zero-order valence-corrected chi connectivity index (χ0v) is 15.5. The van der Waals surface area contributed by atoms with Crippen LogP contribution in [0.4, 0.5) is 0 Å². The third-order valence-corrected chi connectivity index (χ3v) is 6.47. The highest BCUT2D eigenvalue weighted by molar-refractivity contribution is 8.00. The van der Waals surface area contributed by atoms with Crippen molar-refractivity contribution in [3.05, 3.63) is 32.5 Å². The van der Waals surface area contributed by atoms with E-state index in [1.165, 1.54) is 29.8 Å². The highest BCUT2D eigenvalue weighted by atomic mass is 32.2. The van der Waals surface area contributed by atoms with Gasteiger partial charge in [-0.3, -0.25) is 4.79 Å². The topological polar surface area (TPSA) is 65.5 Å². The van der Waals surface area contributed by atoms with E-state index in [-0.39, 0.29) is 18.4 Å². The molecule has 2 aromatic rings. The lowest BCUT2D eigenvalue weighted by Gasteiger charge is -1.99. The number of hydrogen-bond donors (Lipinski definition) is 0. The minimum atomic E-state index is -0.312. The molecule has 0 saturated heterocycles. The van der Waals surface area contributed by atoms with Gasteiger partial charge in [0, 0.05) is 15.5 Å². The molecule has 0 bridgehead atoms. The molecule has 124 valence electrons. The number of thiazole rings is 1. The Balaban J connectivity index is 1.94. The van der Waals surface area contributed by atoms with Gasteiger partial charge >= 0.3 is 11.9 Å². The van der Waals surface area contributed by atoms with Gasteiger partial charge in [0.1, 0.15) is 4.88 Å². The van der Waals surface area contributed by atoms with E-state index in [1.54, 1.807) is 24.8 Å². The summed E-state index contributed by atoms with van der Waals surface area (Å²) < 4.78 is 10.6. The molecule has 0 amide bonds. The van der Waals surface area contributed by atoms with Crippen LogP contribution in [0.5, 0.6) is 0 Å². The molecule has 2 rings (SSSR count). The van der Waals surface area contributed by atoms with Crippen molar-refractivity contribution in [2.24, 2.45) is 0 Å². The average molecular weight is 372 g/mol. The SMILES string of the molecule is CCOC(=O)Cc1sc(SCc2ccc(C(=O)OC)s2)nc1C. The average Bonchev–Trinajstić information content (AvgIpc) is 3.12. The fraction of sp³-hybridized carbons (Fsp3) is 0.400. The van der Waals surface area contributed by atoms with Gasteiger partial charge < -0.3 is 9.47 Å². The number of aryl methyl sites for hydroxylation is 1. The molecule has 0 aliphatic rings. The Morgan fingerprint density at radius 2 is 2.09 bits per heavy atom. The van der Waals surface area contributed by atoms with Crippen molar-refractivity contribution >= 4 is 46.4 Å². The minimum Gasteiger partial charge on any atom is -0.466 e. The third-order valence-electron chi connectivity index (χ3n) is 2.87. The number of carbonyl (C=O) groups excluding carboxylic acids is 2. The van der Waals surface area contributed by atoms with E-state index in [4.69, 9.17) is 9.47 Å². The number of nitrogens with zero attached hydrogens (tertiary/aromatic N) is 1. The number of methoxy groups -OCH3 is 1. The Kier molecular flexibility index (Phi) is 6.61. The quantitative estimate of drug-likeness (QED) is 0.546. The van der Waals surface area contributed by atoms with E-state index in [1.807, 2.05) is 13.0 Å². The number of aromatic nitrogens is 1. The normalized spacial score (nSPS) is 10.6. The number of ether oxygens (including phenoxy) is 2. The smallest absolute Gasteiger partial charge is 0.348 e. The molecule has 0 unspecified atom stereocenters. The second-order valence-corrected chi connectivity index (χ2v) is 7.99. The summed E-state index contributed by atoms with van der Waals surface area (Å²) in [5.41, 5.74) is 0.868. The minimum absolute atomic E-state index is 0.225. The predicted octanol–water partition coefficient (Wildman–Crippen LogP) is 3.70. The number of carbonyl (C=O) groups is 2. The molecular weight excluding hydrogens is 354 g/mol. The van der Waals surface area contributed by atoms with E-state index in [2.05, 4.69) is 4.98 Å². The zero-order valence-electron chi connectivity index (χ0n) is 13.1. The van der Waals surface area contributed by atoms with Crippen molar-refractivity contribution in [2.45, 2.75) is 30.4 Å². The first kappa shape index (κ1) is 18.0. The van der Waals surface area contributed by atoms with E-state index in [9.17, 15) is 9.59 Å². The van der Waals surface area contributed by atoms with E-state index >= 15 is 0 Å². The third kappa shape index (κ3) is 5.05. The molecule has 2 heterocycles. The van der Waals surface area contributed by atoms with Crippen molar-refractivity contribution < 1.29 is 19.1 Å². The Bertz CT molecular complexity index is 693. The number of esters is 2. The molecule has 5 nitrogen and oxygen atoms in total. The summed E-state index contributed by atoms with van der Waals surface area (Å²) in [6, 6.07) is 3.69. The van der Waals surface area contributed by atoms with Gasteiger partial charge in [0.25, 0.3) is 0 Å². The number of rotatable bonds is 7. The zero-order chi connectivity index (χ0) is 16.8. The van der Waals surface area contributed by atoms with Crippen molar-refractivity contribution in [1.29, 1.82) is 0 Å². The van der Waals surface area contributed by atoms with Crippen LogP contribution in [-0.4, -0.2) is 30.6 Å². The lowest BCUT2D eigenvalue weighted by atomic mass is 10.3. The Labute approximate surface area is 147 Å². The fourth-order valence-corrected chi connectivity index (χ4v) is 4.96. The summed E-state index contributed by atoms with van der Waals surface area (Å²) in [5.74, 6) is 0.192. The molecule has 0 saturated carbocycles. The van der Waals surface area contributed by atoms with Crippen molar-refractivity contribution in [1.82, 2.24) is 4.98 Å². The summed E-state index contributed by atoms with van der Waals surface area (Å²) in [4.78, 5) is 30.1. The molecule has 0 radical (unpaired) electrons. The van der Waals surface area contributed by atoms with Crippen LogP contribution in [-0.2, 0) is 26.4 Å². The molecule has 23 heavy (non-hydrogen) atoms. The molecule has 0 aliphatic carbocycles. The van der Waals surface area contributed by atoms with Gasteiger partial charge in [-0.2, -0.15) is 0 Å². The van der Waals surface area contributed by atoms with Crippen molar-refractivity contribution in [3.63, 3.8) is 0 Å². The highest BCUT2D eigenvalue weighted by Crippen LogP contribution is 2.32. The van der Waals surface area contributed by atoms with Gasteiger partial charge in [0.15, 0.2) is 4.34 Å². The Hall–Kier alpha value is -1.38. The van der Waals surface area contributed by atoms with Gasteiger partial charge in [0.05, 0.1) is 25.8 Å². The van der Waals surface area contributed by atoms with Crippen LogP contribution in [0.2, 0.25) is 0 Å². The van der Waals surface area contributed by atoms with Crippen LogP contribution in [0.1, 0.15) is 32.0 Å². The maximum atomic E-state index is 11.6. The Morgan fingerprint density at radius 1 is 1.30 bits per heavy atom. The van der Waals surface area contributed by atoms with E-state index < -0.39 is 0 Å². The first-order valence-electron chi connectivity index (χ1n) is 6.95. The highest BCUT2D eigenvalue weighted by Gasteiger charge is 2.14. The predicted molar refractivity (Wildman–Crippen MR) is 92.4 cm³/mol. The monoisotopic (exact) mass is 371 g/mol. The van der Waals surface area contributed by atoms with Gasteiger partial charge in [-0.25, -0.2) is 9.78 Å². The van der Waals surface area contributed by atoms with Crippen LogP contribution in [0.15, 0.2) is 16.5 Å². The molecule has 0 aromatic carbocycles. The number of thioether (sulfide) groups is 1. The summed E-state index contributed by atoms with van der Waals surface area (Å²) >= 11 is 4.53. The molecule has 0 N–H and O–H groups in total. The summed E-state index contributed by atoms with van der Waals surface area (Å²) in [5, 5.41) is 0. The van der Waals surface area contributed by atoms with Gasteiger partial charge in [0.2, 0.25) is 0 Å². The lowest BCUT2D eigenvalue weighted by Crippen LogP contribution is -2.07. The largest absolute Gasteiger partial charge is 0.466 e. The lowest BCUT2D eigenvalue weighted by molar-refractivity contribution is -0.142.